The van der Waals surface area contributed by atoms with E-state index >= 15 is 0 Å². The van der Waals surface area contributed by atoms with Crippen molar-refractivity contribution in [3.63, 3.8) is 0 Å². The summed E-state index contributed by atoms with van der Waals surface area (Å²) >= 11 is 0. The number of amides is 1. The molecule has 0 aliphatic carbocycles. The lowest BCUT2D eigenvalue weighted by Crippen LogP contribution is -2.51. The van der Waals surface area contributed by atoms with Gasteiger partial charge in [-0.2, -0.15) is 0 Å². The zero-order valence-corrected chi connectivity index (χ0v) is 12.4. The van der Waals surface area contributed by atoms with E-state index in [0.717, 1.165) is 19.3 Å². The molecule has 1 aromatic rings. The third kappa shape index (κ3) is 3.39. The Morgan fingerprint density at radius 2 is 2.14 bits per heavy atom. The van der Waals surface area contributed by atoms with E-state index in [1.165, 1.54) is 12.1 Å². The molecule has 1 aliphatic heterocycles. The van der Waals surface area contributed by atoms with Gasteiger partial charge in [0.15, 0.2) is 0 Å². The molecular weight excluding hydrogens is 270 g/mol. The van der Waals surface area contributed by atoms with Gasteiger partial charge in [-0.05, 0) is 44.7 Å². The molecule has 1 amide bonds. The minimum atomic E-state index is -0.469. The van der Waals surface area contributed by atoms with Crippen LogP contribution in [-0.4, -0.2) is 34.4 Å². The van der Waals surface area contributed by atoms with E-state index in [4.69, 9.17) is 5.73 Å². The number of non-ortho nitro benzene ring substituents is 1. The summed E-state index contributed by atoms with van der Waals surface area (Å²) in [6, 6.07) is 4.42. The third-order valence-corrected chi connectivity index (χ3v) is 3.94. The van der Waals surface area contributed by atoms with Gasteiger partial charge in [0, 0.05) is 36.3 Å². The Morgan fingerprint density at radius 1 is 1.43 bits per heavy atom. The molecule has 0 spiro atoms. The van der Waals surface area contributed by atoms with E-state index in [-0.39, 0.29) is 23.7 Å². The van der Waals surface area contributed by atoms with E-state index in [0.29, 0.717) is 17.7 Å². The standard InChI is InChI=1S/C15H21N3O3/c1-10-7-12(9-13(8-10)18(20)21)15(19)17-6-4-3-5-14(17)11(2)16/h7-9,11,14H,3-6,16H2,1-2H3. The number of rotatable bonds is 3. The lowest BCUT2D eigenvalue weighted by atomic mass is 9.95. The highest BCUT2D eigenvalue weighted by Crippen LogP contribution is 2.24. The second kappa shape index (κ2) is 6.22. The number of hydrogen-bond donors (Lipinski definition) is 1. The van der Waals surface area contributed by atoms with Gasteiger partial charge < -0.3 is 10.6 Å². The number of carbonyl (C=O) groups is 1. The Kier molecular flexibility index (Phi) is 4.57. The highest BCUT2D eigenvalue weighted by atomic mass is 16.6. The molecule has 6 heteroatoms. The van der Waals surface area contributed by atoms with Gasteiger partial charge in [-0.25, -0.2) is 0 Å². The van der Waals surface area contributed by atoms with E-state index in [1.807, 2.05) is 6.92 Å². The van der Waals surface area contributed by atoms with Crippen LogP contribution in [0.4, 0.5) is 5.69 Å². The minimum absolute atomic E-state index is 0.00539. The number of piperidine rings is 1. The maximum atomic E-state index is 12.7. The average Bonchev–Trinajstić information content (AvgIpc) is 2.45. The molecule has 2 unspecified atom stereocenters. The molecule has 2 atom stereocenters. The van der Waals surface area contributed by atoms with Crippen LogP contribution >= 0.6 is 0 Å². The number of benzene rings is 1. The lowest BCUT2D eigenvalue weighted by Gasteiger charge is -2.38. The first kappa shape index (κ1) is 15.4. The molecule has 0 aromatic heterocycles. The van der Waals surface area contributed by atoms with Crippen molar-refractivity contribution in [2.24, 2.45) is 5.73 Å². The zero-order chi connectivity index (χ0) is 15.6. The lowest BCUT2D eigenvalue weighted by molar-refractivity contribution is -0.384. The van der Waals surface area contributed by atoms with Crippen molar-refractivity contribution in [3.05, 3.63) is 39.4 Å². The first-order chi connectivity index (χ1) is 9.90. The van der Waals surface area contributed by atoms with Crippen LogP contribution in [-0.2, 0) is 0 Å². The van der Waals surface area contributed by atoms with Gasteiger partial charge in [0.05, 0.1) is 4.92 Å². The number of likely N-dealkylation sites (tertiary alicyclic amines) is 1. The van der Waals surface area contributed by atoms with Gasteiger partial charge >= 0.3 is 0 Å². The Labute approximate surface area is 124 Å². The summed E-state index contributed by atoms with van der Waals surface area (Å²) in [6.07, 6.45) is 2.89. The molecule has 1 saturated heterocycles. The highest BCUT2D eigenvalue weighted by Gasteiger charge is 2.30. The van der Waals surface area contributed by atoms with E-state index in [2.05, 4.69) is 0 Å². The molecule has 21 heavy (non-hydrogen) atoms. The number of hydrogen-bond acceptors (Lipinski definition) is 4. The predicted octanol–water partition coefficient (Wildman–Crippen LogP) is 2.25. The summed E-state index contributed by atoms with van der Waals surface area (Å²) in [5.74, 6) is -0.163. The fraction of sp³-hybridized carbons (Fsp3) is 0.533. The summed E-state index contributed by atoms with van der Waals surface area (Å²) in [4.78, 5) is 24.9. The van der Waals surface area contributed by atoms with Crippen LogP contribution in [0.5, 0.6) is 0 Å². The van der Waals surface area contributed by atoms with Gasteiger partial charge in [0.2, 0.25) is 0 Å². The number of nitro groups is 1. The van der Waals surface area contributed by atoms with Crippen molar-refractivity contribution in [1.29, 1.82) is 0 Å². The van der Waals surface area contributed by atoms with Gasteiger partial charge in [-0.3, -0.25) is 14.9 Å². The number of nitrogens with two attached hydrogens (primary N) is 1. The molecule has 0 bridgehead atoms. The van der Waals surface area contributed by atoms with Crippen molar-refractivity contribution in [2.45, 2.75) is 45.2 Å². The fourth-order valence-electron chi connectivity index (χ4n) is 2.91. The van der Waals surface area contributed by atoms with Gasteiger partial charge in [0.25, 0.3) is 11.6 Å². The Bertz CT molecular complexity index is 557. The summed E-state index contributed by atoms with van der Waals surface area (Å²) < 4.78 is 0. The summed E-state index contributed by atoms with van der Waals surface area (Å²) in [5, 5.41) is 10.9. The quantitative estimate of drug-likeness (QED) is 0.683. The summed E-state index contributed by atoms with van der Waals surface area (Å²) in [5.41, 5.74) is 7.01. The monoisotopic (exact) mass is 291 g/mol. The Balaban J connectivity index is 2.32. The Hall–Kier alpha value is -1.95. The van der Waals surface area contributed by atoms with Crippen molar-refractivity contribution in [2.75, 3.05) is 6.54 Å². The topological polar surface area (TPSA) is 89.5 Å². The second-order valence-corrected chi connectivity index (χ2v) is 5.74. The molecule has 0 radical (unpaired) electrons. The molecular formula is C15H21N3O3. The zero-order valence-electron chi connectivity index (χ0n) is 12.4. The van der Waals surface area contributed by atoms with Crippen molar-refractivity contribution < 1.29 is 9.72 Å². The minimum Gasteiger partial charge on any atom is -0.334 e. The van der Waals surface area contributed by atoms with Crippen molar-refractivity contribution in [3.8, 4) is 0 Å². The molecule has 2 N–H and O–H groups in total. The van der Waals surface area contributed by atoms with Crippen LogP contribution in [0.1, 0.15) is 42.1 Å². The number of carbonyl (C=O) groups excluding carboxylic acids is 1. The summed E-state index contributed by atoms with van der Waals surface area (Å²) in [6.45, 7) is 4.31. The molecule has 6 nitrogen and oxygen atoms in total. The molecule has 1 heterocycles. The van der Waals surface area contributed by atoms with Crippen molar-refractivity contribution in [1.82, 2.24) is 4.90 Å². The average molecular weight is 291 g/mol. The van der Waals surface area contributed by atoms with Gasteiger partial charge in [0.1, 0.15) is 0 Å². The molecule has 1 fully saturated rings. The first-order valence-corrected chi connectivity index (χ1v) is 7.23. The van der Waals surface area contributed by atoms with E-state index in [1.54, 1.807) is 17.9 Å². The van der Waals surface area contributed by atoms with Gasteiger partial charge in [-0.15, -0.1) is 0 Å². The SMILES string of the molecule is Cc1cc(C(=O)N2CCCCC2C(C)N)cc([N+](=O)[O-])c1. The normalized spacial score (nSPS) is 20.1. The molecule has 2 rings (SSSR count). The second-order valence-electron chi connectivity index (χ2n) is 5.74. The van der Waals surface area contributed by atoms with Crippen LogP contribution < -0.4 is 5.73 Å². The van der Waals surface area contributed by atoms with Crippen molar-refractivity contribution >= 4 is 11.6 Å². The van der Waals surface area contributed by atoms with Crippen LogP contribution in [0.25, 0.3) is 0 Å². The highest BCUT2D eigenvalue weighted by molar-refractivity contribution is 5.95. The predicted molar refractivity (Wildman–Crippen MR) is 80.2 cm³/mol. The Morgan fingerprint density at radius 3 is 2.76 bits per heavy atom. The maximum Gasteiger partial charge on any atom is 0.270 e. The summed E-state index contributed by atoms with van der Waals surface area (Å²) in [7, 11) is 0. The molecule has 114 valence electrons. The van der Waals surface area contributed by atoms with Crippen LogP contribution in [0.15, 0.2) is 18.2 Å². The number of nitro benzene ring substituents is 1. The molecule has 0 saturated carbocycles. The van der Waals surface area contributed by atoms with Crippen LogP contribution in [0.3, 0.4) is 0 Å². The molecule has 1 aliphatic rings. The smallest absolute Gasteiger partial charge is 0.270 e. The number of nitrogens with zero attached hydrogens (tertiary/aromatic N) is 2. The van der Waals surface area contributed by atoms with Gasteiger partial charge in [-0.1, -0.05) is 0 Å². The van der Waals surface area contributed by atoms with E-state index in [9.17, 15) is 14.9 Å². The largest absolute Gasteiger partial charge is 0.334 e. The maximum absolute atomic E-state index is 12.7. The number of aryl methyl sites for hydroxylation is 1. The van der Waals surface area contributed by atoms with Crippen LogP contribution in [0.2, 0.25) is 0 Å². The van der Waals surface area contributed by atoms with Crippen LogP contribution in [0, 0.1) is 17.0 Å². The fourth-order valence-corrected chi connectivity index (χ4v) is 2.91. The first-order valence-electron chi connectivity index (χ1n) is 7.23. The third-order valence-electron chi connectivity index (χ3n) is 3.94. The molecule has 1 aromatic carbocycles. The van der Waals surface area contributed by atoms with E-state index < -0.39 is 4.92 Å².